The second kappa shape index (κ2) is 7.39. The molecule has 0 aromatic heterocycles. The lowest BCUT2D eigenvalue weighted by Gasteiger charge is -2.31. The number of carbonyl (C=O) groups excluding carboxylic acids is 1. The molecule has 0 spiro atoms. The molecule has 1 saturated carbocycles. The van der Waals surface area contributed by atoms with Crippen molar-refractivity contribution in [2.24, 2.45) is 5.92 Å². The third-order valence-electron chi connectivity index (χ3n) is 4.11. The Hall–Kier alpha value is -0.220. The fourth-order valence-corrected chi connectivity index (χ4v) is 4.15. The van der Waals surface area contributed by atoms with Crippen molar-refractivity contribution < 1.29 is 9.53 Å². The van der Waals surface area contributed by atoms with E-state index in [1.807, 2.05) is 16.7 Å². The van der Waals surface area contributed by atoms with Gasteiger partial charge in [-0.15, -0.1) is 11.8 Å². The molecule has 1 saturated heterocycles. The van der Waals surface area contributed by atoms with E-state index in [0.29, 0.717) is 17.6 Å². The van der Waals surface area contributed by atoms with Gasteiger partial charge >= 0.3 is 0 Å². The van der Waals surface area contributed by atoms with Crippen LogP contribution in [0.15, 0.2) is 0 Å². The largest absolute Gasteiger partial charge is 0.384 e. The second-order valence-corrected chi connectivity index (χ2v) is 6.79. The number of rotatable bonds is 5. The minimum Gasteiger partial charge on any atom is -0.384 e. The number of carbonyl (C=O) groups is 1. The number of nitrogens with zero attached hydrogens (tertiary/aromatic N) is 1. The van der Waals surface area contributed by atoms with Crippen LogP contribution in [-0.2, 0) is 9.53 Å². The van der Waals surface area contributed by atoms with E-state index < -0.39 is 0 Å². The first-order valence-corrected chi connectivity index (χ1v) is 8.23. The average Bonchev–Trinajstić information content (AvgIpc) is 2.90. The summed E-state index contributed by atoms with van der Waals surface area (Å²) in [6.45, 7) is 2.70. The van der Waals surface area contributed by atoms with Crippen LogP contribution in [0.2, 0.25) is 0 Å². The molecule has 1 amide bonds. The van der Waals surface area contributed by atoms with Crippen LogP contribution in [0.5, 0.6) is 0 Å². The van der Waals surface area contributed by atoms with Gasteiger partial charge in [-0.05, 0) is 31.6 Å². The van der Waals surface area contributed by atoms with Gasteiger partial charge in [0, 0.05) is 32.1 Å². The molecule has 3 nitrogen and oxygen atoms in total. The fourth-order valence-electron chi connectivity index (χ4n) is 2.92. The molecule has 0 atom stereocenters. The molecular weight excluding hydrogens is 246 g/mol. The predicted octanol–water partition coefficient (Wildman–Crippen LogP) is 2.55. The highest BCUT2D eigenvalue weighted by Crippen LogP contribution is 2.29. The van der Waals surface area contributed by atoms with E-state index in [0.717, 1.165) is 37.8 Å². The highest BCUT2D eigenvalue weighted by Gasteiger charge is 2.24. The monoisotopic (exact) mass is 271 g/mol. The van der Waals surface area contributed by atoms with Gasteiger partial charge in [0.2, 0.25) is 5.91 Å². The molecule has 0 radical (unpaired) electrons. The summed E-state index contributed by atoms with van der Waals surface area (Å²) >= 11 is 1.88. The van der Waals surface area contributed by atoms with Gasteiger partial charge in [0.25, 0.3) is 0 Å². The highest BCUT2D eigenvalue weighted by molar-refractivity contribution is 8.00. The molecule has 1 heterocycles. The standard InChI is InChI=1S/C14H25NO2S/c1-17-10-12-6-8-15(9-7-12)14(16)11-18-13-4-2-3-5-13/h12-13H,2-11H2,1H3. The van der Waals surface area contributed by atoms with Crippen molar-refractivity contribution in [3.63, 3.8) is 0 Å². The summed E-state index contributed by atoms with van der Waals surface area (Å²) in [5, 5.41) is 0.750. The number of amides is 1. The van der Waals surface area contributed by atoms with Crippen molar-refractivity contribution in [2.75, 3.05) is 32.6 Å². The van der Waals surface area contributed by atoms with E-state index in [1.54, 1.807) is 7.11 Å². The first-order valence-electron chi connectivity index (χ1n) is 7.18. The van der Waals surface area contributed by atoms with Gasteiger partial charge < -0.3 is 9.64 Å². The smallest absolute Gasteiger partial charge is 0.232 e. The first-order chi connectivity index (χ1) is 8.79. The van der Waals surface area contributed by atoms with Crippen molar-refractivity contribution in [1.82, 2.24) is 4.90 Å². The molecule has 4 heteroatoms. The SMILES string of the molecule is COCC1CCN(C(=O)CSC2CCCC2)CC1. The van der Waals surface area contributed by atoms with Gasteiger partial charge in [-0.25, -0.2) is 0 Å². The van der Waals surface area contributed by atoms with Crippen LogP contribution in [0.3, 0.4) is 0 Å². The number of ether oxygens (including phenoxy) is 1. The van der Waals surface area contributed by atoms with E-state index in [1.165, 1.54) is 25.7 Å². The zero-order valence-electron chi connectivity index (χ0n) is 11.4. The summed E-state index contributed by atoms with van der Waals surface area (Å²) in [7, 11) is 1.76. The van der Waals surface area contributed by atoms with Crippen molar-refractivity contribution in [2.45, 2.75) is 43.8 Å². The lowest BCUT2D eigenvalue weighted by atomic mass is 9.98. The fraction of sp³-hybridized carbons (Fsp3) is 0.929. The normalized spacial score (nSPS) is 22.6. The molecule has 2 fully saturated rings. The van der Waals surface area contributed by atoms with E-state index in [9.17, 15) is 4.79 Å². The van der Waals surface area contributed by atoms with Gasteiger partial charge in [0.15, 0.2) is 0 Å². The molecule has 18 heavy (non-hydrogen) atoms. The molecule has 1 aliphatic carbocycles. The molecule has 0 aromatic rings. The van der Waals surface area contributed by atoms with Crippen LogP contribution >= 0.6 is 11.8 Å². The minimum absolute atomic E-state index is 0.350. The lowest BCUT2D eigenvalue weighted by molar-refractivity contribution is -0.129. The van der Waals surface area contributed by atoms with Gasteiger partial charge in [-0.2, -0.15) is 0 Å². The second-order valence-electron chi connectivity index (χ2n) is 5.50. The van der Waals surface area contributed by atoms with E-state index in [2.05, 4.69) is 0 Å². The molecule has 0 bridgehead atoms. The number of hydrogen-bond acceptors (Lipinski definition) is 3. The maximum atomic E-state index is 12.1. The molecule has 0 N–H and O–H groups in total. The van der Waals surface area contributed by atoms with Crippen molar-refractivity contribution >= 4 is 17.7 Å². The van der Waals surface area contributed by atoms with E-state index in [-0.39, 0.29) is 0 Å². The maximum Gasteiger partial charge on any atom is 0.232 e. The van der Waals surface area contributed by atoms with Crippen molar-refractivity contribution in [3.8, 4) is 0 Å². The summed E-state index contributed by atoms with van der Waals surface area (Å²) in [5.74, 6) is 1.70. The summed E-state index contributed by atoms with van der Waals surface area (Å²) < 4.78 is 5.18. The molecule has 0 unspecified atom stereocenters. The Morgan fingerprint density at radius 2 is 1.89 bits per heavy atom. The number of thioether (sulfide) groups is 1. The molecular formula is C14H25NO2S. The number of methoxy groups -OCH3 is 1. The summed E-state index contributed by atoms with van der Waals surface area (Å²) in [6.07, 6.45) is 7.55. The van der Waals surface area contributed by atoms with Gasteiger partial charge in [0.05, 0.1) is 5.75 Å². The highest BCUT2D eigenvalue weighted by atomic mass is 32.2. The zero-order valence-corrected chi connectivity index (χ0v) is 12.2. The van der Waals surface area contributed by atoms with Crippen LogP contribution in [0, 0.1) is 5.92 Å². The number of hydrogen-bond donors (Lipinski definition) is 0. The average molecular weight is 271 g/mol. The third kappa shape index (κ3) is 4.16. The van der Waals surface area contributed by atoms with Crippen LogP contribution in [0.4, 0.5) is 0 Å². The van der Waals surface area contributed by atoms with E-state index >= 15 is 0 Å². The molecule has 1 aliphatic heterocycles. The molecule has 0 aromatic carbocycles. The van der Waals surface area contributed by atoms with Crippen LogP contribution in [0.1, 0.15) is 38.5 Å². The maximum absolute atomic E-state index is 12.1. The quantitative estimate of drug-likeness (QED) is 0.769. The molecule has 104 valence electrons. The van der Waals surface area contributed by atoms with Crippen LogP contribution in [0.25, 0.3) is 0 Å². The van der Waals surface area contributed by atoms with Crippen molar-refractivity contribution in [1.29, 1.82) is 0 Å². The predicted molar refractivity (Wildman–Crippen MR) is 75.9 cm³/mol. The molecule has 2 rings (SSSR count). The Morgan fingerprint density at radius 3 is 2.50 bits per heavy atom. The number of piperidine rings is 1. The Labute approximate surface area is 115 Å². The Bertz CT molecular complexity index is 259. The topological polar surface area (TPSA) is 29.5 Å². The van der Waals surface area contributed by atoms with Crippen LogP contribution in [-0.4, -0.2) is 48.6 Å². The minimum atomic E-state index is 0.350. The van der Waals surface area contributed by atoms with Gasteiger partial charge in [-0.3, -0.25) is 4.79 Å². The van der Waals surface area contributed by atoms with Crippen LogP contribution < -0.4 is 0 Å². The lowest BCUT2D eigenvalue weighted by Crippen LogP contribution is -2.40. The molecule has 2 aliphatic rings. The summed E-state index contributed by atoms with van der Waals surface area (Å²) in [6, 6.07) is 0. The van der Waals surface area contributed by atoms with E-state index in [4.69, 9.17) is 4.74 Å². The third-order valence-corrected chi connectivity index (χ3v) is 5.47. The first kappa shape index (κ1) is 14.2. The van der Waals surface area contributed by atoms with Crippen molar-refractivity contribution in [3.05, 3.63) is 0 Å². The Balaban J connectivity index is 1.64. The number of likely N-dealkylation sites (tertiary alicyclic amines) is 1. The van der Waals surface area contributed by atoms with Gasteiger partial charge in [0.1, 0.15) is 0 Å². The summed E-state index contributed by atoms with van der Waals surface area (Å²) in [4.78, 5) is 14.1. The van der Waals surface area contributed by atoms with Gasteiger partial charge in [-0.1, -0.05) is 12.8 Å². The Kier molecular flexibility index (Phi) is 5.83. The Morgan fingerprint density at radius 1 is 1.22 bits per heavy atom. The summed E-state index contributed by atoms with van der Waals surface area (Å²) in [5.41, 5.74) is 0. The zero-order chi connectivity index (χ0) is 12.8.